The molecule has 2 aromatic rings. The standard InChI is InChI=1S/C15H19N3O2S/c1-19-10-6-7-13(16)12(8-10)15-17-14(18-20-15)9-21-11-4-2-3-5-11/h6-8,11H,2-5,9,16H2,1H3. The summed E-state index contributed by atoms with van der Waals surface area (Å²) in [5, 5.41) is 4.79. The number of ether oxygens (including phenoxy) is 1. The van der Waals surface area contributed by atoms with Crippen molar-refractivity contribution >= 4 is 17.4 Å². The first-order valence-corrected chi connectivity index (χ1v) is 8.19. The van der Waals surface area contributed by atoms with Gasteiger partial charge in [0.05, 0.1) is 18.4 Å². The molecule has 0 radical (unpaired) electrons. The maximum absolute atomic E-state index is 5.97. The number of hydrogen-bond acceptors (Lipinski definition) is 6. The maximum Gasteiger partial charge on any atom is 0.260 e. The number of aromatic nitrogens is 2. The lowest BCUT2D eigenvalue weighted by molar-refractivity contribution is 0.412. The van der Waals surface area contributed by atoms with Gasteiger partial charge in [-0.1, -0.05) is 18.0 Å². The molecule has 0 aliphatic heterocycles. The molecule has 5 nitrogen and oxygen atoms in total. The van der Waals surface area contributed by atoms with Gasteiger partial charge in [-0.15, -0.1) is 0 Å². The number of nitrogen functional groups attached to an aromatic ring is 1. The van der Waals surface area contributed by atoms with Crippen LogP contribution in [0.3, 0.4) is 0 Å². The molecule has 0 amide bonds. The second-order valence-electron chi connectivity index (χ2n) is 5.19. The molecule has 2 N–H and O–H groups in total. The van der Waals surface area contributed by atoms with E-state index in [1.165, 1.54) is 25.7 Å². The molecular formula is C15H19N3O2S. The Labute approximate surface area is 128 Å². The lowest BCUT2D eigenvalue weighted by Gasteiger charge is -2.05. The minimum Gasteiger partial charge on any atom is -0.497 e. The van der Waals surface area contributed by atoms with Crippen LogP contribution >= 0.6 is 11.8 Å². The molecular weight excluding hydrogens is 286 g/mol. The second kappa shape index (κ2) is 6.39. The summed E-state index contributed by atoms with van der Waals surface area (Å²) >= 11 is 1.92. The van der Waals surface area contributed by atoms with Crippen molar-refractivity contribution in [2.45, 2.75) is 36.7 Å². The van der Waals surface area contributed by atoms with Crippen LogP contribution in [0.5, 0.6) is 5.75 Å². The summed E-state index contributed by atoms with van der Waals surface area (Å²) in [5.74, 6) is 2.69. The predicted molar refractivity (Wildman–Crippen MR) is 84.2 cm³/mol. The van der Waals surface area contributed by atoms with Crippen molar-refractivity contribution in [3.8, 4) is 17.2 Å². The number of rotatable bonds is 5. The minimum atomic E-state index is 0.452. The fourth-order valence-electron chi connectivity index (χ4n) is 2.52. The van der Waals surface area contributed by atoms with E-state index < -0.39 is 0 Å². The van der Waals surface area contributed by atoms with Gasteiger partial charge in [0.1, 0.15) is 5.75 Å². The molecule has 0 bridgehead atoms. The quantitative estimate of drug-likeness (QED) is 0.852. The van der Waals surface area contributed by atoms with E-state index in [1.807, 2.05) is 23.9 Å². The average Bonchev–Trinajstić information content (AvgIpc) is 3.17. The maximum atomic E-state index is 5.97. The SMILES string of the molecule is COc1ccc(N)c(-c2nc(CSC3CCCC3)no2)c1. The Balaban J connectivity index is 1.71. The van der Waals surface area contributed by atoms with Gasteiger partial charge < -0.3 is 15.0 Å². The van der Waals surface area contributed by atoms with Crippen LogP contribution in [0.25, 0.3) is 11.5 Å². The number of nitrogens with zero attached hydrogens (tertiary/aromatic N) is 2. The third-order valence-corrected chi connectivity index (χ3v) is 5.08. The molecule has 0 saturated heterocycles. The first-order valence-electron chi connectivity index (χ1n) is 7.14. The molecule has 1 fully saturated rings. The molecule has 0 spiro atoms. The van der Waals surface area contributed by atoms with Crippen LogP contribution in [0.1, 0.15) is 31.5 Å². The van der Waals surface area contributed by atoms with Gasteiger partial charge in [-0.25, -0.2) is 0 Å². The van der Waals surface area contributed by atoms with E-state index in [-0.39, 0.29) is 0 Å². The Bertz CT molecular complexity index is 609. The van der Waals surface area contributed by atoms with Crippen LogP contribution in [0, 0.1) is 0 Å². The lowest BCUT2D eigenvalue weighted by atomic mass is 10.1. The van der Waals surface area contributed by atoms with Gasteiger partial charge in [0.25, 0.3) is 5.89 Å². The summed E-state index contributed by atoms with van der Waals surface area (Å²) < 4.78 is 10.5. The molecule has 21 heavy (non-hydrogen) atoms. The largest absolute Gasteiger partial charge is 0.497 e. The van der Waals surface area contributed by atoms with Crippen LogP contribution in [0.4, 0.5) is 5.69 Å². The number of benzene rings is 1. The van der Waals surface area contributed by atoms with Crippen molar-refractivity contribution in [2.75, 3.05) is 12.8 Å². The number of anilines is 1. The van der Waals surface area contributed by atoms with Gasteiger partial charge in [-0.05, 0) is 31.0 Å². The predicted octanol–water partition coefficient (Wildman–Crippen LogP) is 3.50. The highest BCUT2D eigenvalue weighted by atomic mass is 32.2. The van der Waals surface area contributed by atoms with Crippen LogP contribution in [-0.2, 0) is 5.75 Å². The van der Waals surface area contributed by atoms with E-state index in [0.29, 0.717) is 11.6 Å². The van der Waals surface area contributed by atoms with Gasteiger partial charge in [0, 0.05) is 10.9 Å². The third kappa shape index (κ3) is 3.32. The Hall–Kier alpha value is -1.69. The van der Waals surface area contributed by atoms with E-state index in [2.05, 4.69) is 10.1 Å². The molecule has 1 aliphatic carbocycles. The average molecular weight is 305 g/mol. The molecule has 1 saturated carbocycles. The fourth-order valence-corrected chi connectivity index (χ4v) is 3.69. The van der Waals surface area contributed by atoms with Gasteiger partial charge in [0.2, 0.25) is 0 Å². The molecule has 0 atom stereocenters. The van der Waals surface area contributed by atoms with E-state index in [1.54, 1.807) is 13.2 Å². The first kappa shape index (κ1) is 14.3. The minimum absolute atomic E-state index is 0.452. The second-order valence-corrected chi connectivity index (χ2v) is 6.48. The fraction of sp³-hybridized carbons (Fsp3) is 0.467. The zero-order chi connectivity index (χ0) is 14.7. The summed E-state index contributed by atoms with van der Waals surface area (Å²) in [7, 11) is 1.62. The molecule has 3 rings (SSSR count). The first-order chi connectivity index (χ1) is 10.3. The smallest absolute Gasteiger partial charge is 0.260 e. The zero-order valence-electron chi connectivity index (χ0n) is 12.0. The molecule has 1 aromatic heterocycles. The molecule has 0 unspecified atom stereocenters. The van der Waals surface area contributed by atoms with E-state index in [9.17, 15) is 0 Å². The van der Waals surface area contributed by atoms with Gasteiger partial charge in [0.15, 0.2) is 5.82 Å². The number of thioether (sulfide) groups is 1. The van der Waals surface area contributed by atoms with E-state index >= 15 is 0 Å². The molecule has 6 heteroatoms. The highest BCUT2D eigenvalue weighted by Gasteiger charge is 2.18. The van der Waals surface area contributed by atoms with Crippen molar-refractivity contribution in [3.05, 3.63) is 24.0 Å². The lowest BCUT2D eigenvalue weighted by Crippen LogP contribution is -1.96. The summed E-state index contributed by atoms with van der Waals surface area (Å²) in [6, 6.07) is 5.41. The van der Waals surface area contributed by atoms with Gasteiger partial charge >= 0.3 is 0 Å². The summed E-state index contributed by atoms with van der Waals surface area (Å²) in [6.07, 6.45) is 5.29. The van der Waals surface area contributed by atoms with Crippen LogP contribution in [0.2, 0.25) is 0 Å². The monoisotopic (exact) mass is 305 g/mol. The van der Waals surface area contributed by atoms with Crippen molar-refractivity contribution in [1.82, 2.24) is 10.1 Å². The van der Waals surface area contributed by atoms with E-state index in [4.69, 9.17) is 15.0 Å². The summed E-state index contributed by atoms with van der Waals surface area (Å²) in [4.78, 5) is 4.44. The van der Waals surface area contributed by atoms with E-state index in [0.717, 1.165) is 28.1 Å². The van der Waals surface area contributed by atoms with Crippen LogP contribution < -0.4 is 10.5 Å². The Morgan fingerprint density at radius 2 is 2.19 bits per heavy atom. The van der Waals surface area contributed by atoms with Crippen molar-refractivity contribution in [1.29, 1.82) is 0 Å². The highest BCUT2D eigenvalue weighted by Crippen LogP contribution is 2.32. The van der Waals surface area contributed by atoms with Crippen molar-refractivity contribution in [2.24, 2.45) is 0 Å². The number of nitrogens with two attached hydrogens (primary N) is 1. The molecule has 112 valence electrons. The van der Waals surface area contributed by atoms with Crippen molar-refractivity contribution < 1.29 is 9.26 Å². The third-order valence-electron chi connectivity index (χ3n) is 3.71. The molecule has 1 heterocycles. The van der Waals surface area contributed by atoms with Crippen LogP contribution in [0.15, 0.2) is 22.7 Å². The van der Waals surface area contributed by atoms with Gasteiger partial charge in [-0.2, -0.15) is 16.7 Å². The number of hydrogen-bond donors (Lipinski definition) is 1. The topological polar surface area (TPSA) is 74.2 Å². The Morgan fingerprint density at radius 1 is 1.38 bits per heavy atom. The van der Waals surface area contributed by atoms with Gasteiger partial charge in [-0.3, -0.25) is 0 Å². The summed E-state index contributed by atoms with van der Waals surface area (Å²) in [5.41, 5.74) is 7.30. The normalized spacial score (nSPS) is 15.5. The Kier molecular flexibility index (Phi) is 4.34. The number of methoxy groups -OCH3 is 1. The highest BCUT2D eigenvalue weighted by molar-refractivity contribution is 7.99. The molecule has 1 aliphatic rings. The Morgan fingerprint density at radius 3 is 2.95 bits per heavy atom. The summed E-state index contributed by atoms with van der Waals surface area (Å²) in [6.45, 7) is 0. The molecule has 1 aromatic carbocycles. The zero-order valence-corrected chi connectivity index (χ0v) is 12.9. The van der Waals surface area contributed by atoms with Crippen molar-refractivity contribution in [3.63, 3.8) is 0 Å². The van der Waals surface area contributed by atoms with Crippen LogP contribution in [-0.4, -0.2) is 22.5 Å².